The molecule has 3 aliphatic rings. The Morgan fingerprint density at radius 3 is 2.78 bits per heavy atom. The van der Waals surface area contributed by atoms with Gasteiger partial charge < -0.3 is 4.52 Å². The smallest absolute Gasteiger partial charge is 0.217 e. The molecular weight excluding hydrogens is 314 g/mol. The third kappa shape index (κ3) is 3.32. The van der Waals surface area contributed by atoms with Gasteiger partial charge in [-0.2, -0.15) is 0 Å². The molecule has 0 bridgehead atoms. The van der Waals surface area contributed by atoms with E-state index in [-0.39, 0.29) is 11.3 Å². The first-order valence-corrected chi connectivity index (χ1v) is 10.2. The van der Waals surface area contributed by atoms with E-state index in [2.05, 4.69) is 16.1 Å². The van der Waals surface area contributed by atoms with E-state index >= 15 is 0 Å². The molecule has 1 atom stereocenters. The lowest BCUT2D eigenvalue weighted by Gasteiger charge is -2.36. The average Bonchev–Trinajstić information content (AvgIpc) is 3.45. The lowest BCUT2D eigenvalue weighted by atomic mass is 10.1. The standard InChI is InChI=1S/C16H25N3O3S/c1-18(23(20,21)15-6-7-15)14-3-2-8-19(11-14)10-13-9-16(22-17-13)12-4-5-12/h9,12,14-15H,2-8,10-11H2,1H3. The van der Waals surface area contributed by atoms with Gasteiger partial charge in [-0.1, -0.05) is 5.16 Å². The summed E-state index contributed by atoms with van der Waals surface area (Å²) in [6.45, 7) is 2.54. The summed E-state index contributed by atoms with van der Waals surface area (Å²) < 4.78 is 31.9. The Morgan fingerprint density at radius 2 is 2.09 bits per heavy atom. The summed E-state index contributed by atoms with van der Waals surface area (Å²) in [4.78, 5) is 2.31. The van der Waals surface area contributed by atoms with E-state index in [0.717, 1.165) is 56.8 Å². The molecule has 2 heterocycles. The molecule has 1 unspecified atom stereocenters. The van der Waals surface area contributed by atoms with Gasteiger partial charge in [0, 0.05) is 38.2 Å². The van der Waals surface area contributed by atoms with Crippen molar-refractivity contribution in [3.8, 4) is 0 Å². The van der Waals surface area contributed by atoms with Gasteiger partial charge in [-0.05, 0) is 45.1 Å². The fraction of sp³-hybridized carbons (Fsp3) is 0.812. The van der Waals surface area contributed by atoms with Crippen LogP contribution in [0, 0.1) is 0 Å². The molecule has 4 rings (SSSR count). The highest BCUT2D eigenvalue weighted by Crippen LogP contribution is 2.40. The monoisotopic (exact) mass is 339 g/mol. The largest absolute Gasteiger partial charge is 0.361 e. The van der Waals surface area contributed by atoms with Crippen LogP contribution in [0.5, 0.6) is 0 Å². The first kappa shape index (κ1) is 15.6. The van der Waals surface area contributed by atoms with Crippen LogP contribution in [-0.2, 0) is 16.6 Å². The van der Waals surface area contributed by atoms with Crippen molar-refractivity contribution in [1.82, 2.24) is 14.4 Å². The Morgan fingerprint density at radius 1 is 1.30 bits per heavy atom. The number of rotatable bonds is 6. The molecule has 23 heavy (non-hydrogen) atoms. The Balaban J connectivity index is 1.38. The second-order valence-electron chi connectivity index (χ2n) is 7.29. The third-order valence-electron chi connectivity index (χ3n) is 5.28. The highest BCUT2D eigenvalue weighted by Gasteiger charge is 2.41. The predicted molar refractivity (Wildman–Crippen MR) is 86.5 cm³/mol. The van der Waals surface area contributed by atoms with Gasteiger partial charge in [0.2, 0.25) is 10.0 Å². The molecule has 1 aliphatic heterocycles. The van der Waals surface area contributed by atoms with Crippen molar-refractivity contribution >= 4 is 10.0 Å². The zero-order chi connectivity index (χ0) is 16.0. The number of piperidine rings is 1. The van der Waals surface area contributed by atoms with Gasteiger partial charge >= 0.3 is 0 Å². The third-order valence-corrected chi connectivity index (χ3v) is 7.70. The maximum absolute atomic E-state index is 12.4. The molecule has 2 saturated carbocycles. The SMILES string of the molecule is CN(C1CCCN(Cc2cc(C3CC3)on2)C1)S(=O)(=O)C1CC1. The molecule has 0 radical (unpaired) electrons. The van der Waals surface area contributed by atoms with Crippen molar-refractivity contribution in [2.45, 2.75) is 62.3 Å². The molecule has 0 amide bonds. The summed E-state index contributed by atoms with van der Waals surface area (Å²) in [5, 5.41) is 4.05. The molecule has 2 aliphatic carbocycles. The second-order valence-corrected chi connectivity index (χ2v) is 9.56. The molecule has 128 valence electrons. The van der Waals surface area contributed by atoms with E-state index in [0.29, 0.717) is 5.92 Å². The van der Waals surface area contributed by atoms with Crippen molar-refractivity contribution in [3.63, 3.8) is 0 Å². The van der Waals surface area contributed by atoms with Crippen LogP contribution in [0.15, 0.2) is 10.6 Å². The minimum atomic E-state index is -3.09. The Kier molecular flexibility index (Phi) is 3.98. The van der Waals surface area contributed by atoms with Crippen LogP contribution in [0.3, 0.4) is 0 Å². The van der Waals surface area contributed by atoms with Gasteiger partial charge in [0.15, 0.2) is 0 Å². The van der Waals surface area contributed by atoms with Crippen molar-refractivity contribution in [2.75, 3.05) is 20.1 Å². The maximum atomic E-state index is 12.4. The minimum absolute atomic E-state index is 0.0872. The van der Waals surface area contributed by atoms with Gasteiger partial charge in [0.05, 0.1) is 10.9 Å². The van der Waals surface area contributed by atoms with Gasteiger partial charge in [-0.15, -0.1) is 0 Å². The first-order chi connectivity index (χ1) is 11.0. The van der Waals surface area contributed by atoms with E-state index in [4.69, 9.17) is 4.52 Å². The minimum Gasteiger partial charge on any atom is -0.361 e. The highest BCUT2D eigenvalue weighted by molar-refractivity contribution is 7.90. The normalized spacial score (nSPS) is 26.8. The molecule has 7 heteroatoms. The molecule has 3 fully saturated rings. The lowest BCUT2D eigenvalue weighted by molar-refractivity contribution is 0.150. The highest BCUT2D eigenvalue weighted by atomic mass is 32.2. The summed E-state index contributed by atoms with van der Waals surface area (Å²) >= 11 is 0. The van der Waals surface area contributed by atoms with Gasteiger partial charge in [-0.3, -0.25) is 4.90 Å². The van der Waals surface area contributed by atoms with Crippen molar-refractivity contribution in [2.24, 2.45) is 0 Å². The van der Waals surface area contributed by atoms with Crippen LogP contribution in [0.2, 0.25) is 0 Å². The molecule has 0 spiro atoms. The summed E-state index contributed by atoms with van der Waals surface area (Å²) in [5.41, 5.74) is 0.972. The van der Waals surface area contributed by atoms with Crippen LogP contribution in [0.25, 0.3) is 0 Å². The van der Waals surface area contributed by atoms with E-state index in [1.807, 2.05) is 0 Å². The van der Waals surface area contributed by atoms with E-state index in [1.165, 1.54) is 12.8 Å². The van der Waals surface area contributed by atoms with Crippen LogP contribution in [0.4, 0.5) is 0 Å². The molecular formula is C16H25N3O3S. The average molecular weight is 339 g/mol. The van der Waals surface area contributed by atoms with Crippen LogP contribution in [0.1, 0.15) is 55.9 Å². The summed E-state index contributed by atoms with van der Waals surface area (Å²) in [6.07, 6.45) is 6.06. The molecule has 1 saturated heterocycles. The maximum Gasteiger partial charge on any atom is 0.217 e. The Hall–Kier alpha value is -0.920. The van der Waals surface area contributed by atoms with Gasteiger partial charge in [0.1, 0.15) is 5.76 Å². The fourth-order valence-corrected chi connectivity index (χ4v) is 5.26. The number of hydrogen-bond donors (Lipinski definition) is 0. The zero-order valence-corrected chi connectivity index (χ0v) is 14.5. The van der Waals surface area contributed by atoms with Crippen molar-refractivity contribution in [3.05, 3.63) is 17.5 Å². The first-order valence-electron chi connectivity index (χ1n) is 8.69. The predicted octanol–water partition coefficient (Wildman–Crippen LogP) is 1.94. The second kappa shape index (κ2) is 5.86. The number of aromatic nitrogens is 1. The van der Waals surface area contributed by atoms with Gasteiger partial charge in [0.25, 0.3) is 0 Å². The van der Waals surface area contributed by atoms with E-state index in [1.54, 1.807) is 11.4 Å². The van der Waals surface area contributed by atoms with Crippen LogP contribution in [-0.4, -0.2) is 54.2 Å². The fourth-order valence-electron chi connectivity index (χ4n) is 3.47. The number of nitrogens with zero attached hydrogens (tertiary/aromatic N) is 3. The van der Waals surface area contributed by atoms with Crippen LogP contribution >= 0.6 is 0 Å². The molecule has 1 aromatic rings. The number of likely N-dealkylation sites (tertiary alicyclic amines) is 1. The molecule has 0 N–H and O–H groups in total. The number of hydrogen-bond acceptors (Lipinski definition) is 5. The zero-order valence-electron chi connectivity index (χ0n) is 13.6. The summed E-state index contributed by atoms with van der Waals surface area (Å²) in [7, 11) is -1.33. The molecule has 6 nitrogen and oxygen atoms in total. The Bertz CT molecular complexity index is 664. The van der Waals surface area contributed by atoms with Crippen molar-refractivity contribution < 1.29 is 12.9 Å². The number of likely N-dealkylation sites (N-methyl/N-ethyl adjacent to an activating group) is 1. The van der Waals surface area contributed by atoms with Crippen LogP contribution < -0.4 is 0 Å². The summed E-state index contributed by atoms with van der Waals surface area (Å²) in [5.74, 6) is 1.60. The Labute approximate surface area is 137 Å². The number of sulfonamides is 1. The molecule has 1 aromatic heterocycles. The van der Waals surface area contributed by atoms with Crippen molar-refractivity contribution in [1.29, 1.82) is 0 Å². The lowest BCUT2D eigenvalue weighted by Crippen LogP contribution is -2.49. The topological polar surface area (TPSA) is 66.7 Å². The van der Waals surface area contributed by atoms with E-state index in [9.17, 15) is 8.42 Å². The molecule has 0 aromatic carbocycles. The summed E-state index contributed by atoms with van der Waals surface area (Å²) in [6, 6.07) is 2.16. The van der Waals surface area contributed by atoms with Gasteiger partial charge in [-0.25, -0.2) is 12.7 Å². The quantitative estimate of drug-likeness (QED) is 0.792. The van der Waals surface area contributed by atoms with E-state index < -0.39 is 10.0 Å².